The van der Waals surface area contributed by atoms with E-state index in [1.54, 1.807) is 6.92 Å². The van der Waals surface area contributed by atoms with Crippen LogP contribution in [0.4, 0.5) is 0 Å². The van der Waals surface area contributed by atoms with Crippen molar-refractivity contribution in [2.45, 2.75) is 31.8 Å². The molecule has 0 amide bonds. The molecular weight excluding hydrogens is 211 g/mol. The third kappa shape index (κ3) is 4.61. The van der Waals surface area contributed by atoms with Crippen molar-refractivity contribution in [2.24, 2.45) is 0 Å². The lowest BCUT2D eigenvalue weighted by molar-refractivity contribution is 0.356. The van der Waals surface area contributed by atoms with E-state index in [2.05, 4.69) is 0 Å². The van der Waals surface area contributed by atoms with Crippen molar-refractivity contribution in [1.82, 2.24) is 0 Å². The van der Waals surface area contributed by atoms with Gasteiger partial charge in [-0.1, -0.05) is 37.3 Å². The van der Waals surface area contributed by atoms with Crippen LogP contribution in [-0.2, 0) is 11.0 Å². The molecule has 0 saturated carbocycles. The molecule has 0 aliphatic carbocycles. The highest BCUT2D eigenvalue weighted by atomic mass is 31.2. The van der Waals surface area contributed by atoms with Gasteiger partial charge < -0.3 is 9.79 Å². The topological polar surface area (TPSA) is 57.5 Å². The van der Waals surface area contributed by atoms with Crippen LogP contribution in [0.25, 0.3) is 0 Å². The van der Waals surface area contributed by atoms with Crippen molar-refractivity contribution in [1.29, 1.82) is 0 Å². The van der Waals surface area contributed by atoms with Gasteiger partial charge in [0.1, 0.15) is 0 Å². The Labute approximate surface area is 90.3 Å². The zero-order valence-corrected chi connectivity index (χ0v) is 9.73. The predicted octanol–water partition coefficient (Wildman–Crippen LogP) is 2.58. The van der Waals surface area contributed by atoms with Gasteiger partial charge in [0.2, 0.25) is 0 Å². The fourth-order valence-electron chi connectivity index (χ4n) is 1.41. The lowest BCUT2D eigenvalue weighted by Gasteiger charge is -2.12. The molecule has 0 aliphatic rings. The maximum absolute atomic E-state index is 10.9. The van der Waals surface area contributed by atoms with Crippen LogP contribution >= 0.6 is 7.60 Å². The molecule has 1 aromatic carbocycles. The highest BCUT2D eigenvalue weighted by molar-refractivity contribution is 7.52. The minimum absolute atomic E-state index is 0.527. The molecule has 4 heteroatoms. The van der Waals surface area contributed by atoms with Crippen molar-refractivity contribution in [3.8, 4) is 0 Å². The molecule has 0 radical (unpaired) electrons. The van der Waals surface area contributed by atoms with Gasteiger partial charge in [0, 0.05) is 0 Å². The molecular formula is C11H17O3P. The van der Waals surface area contributed by atoms with Gasteiger partial charge in [-0.25, -0.2) is 0 Å². The monoisotopic (exact) mass is 228 g/mol. The largest absolute Gasteiger partial charge is 0.328 e. The standard InChI is InChI=1S/C11H17O3P/c1-10(15(12,13)14)6-5-9-11-7-3-2-4-8-11/h2-4,7-8,10H,5-6,9H2,1H3,(H2,12,13,14). The Morgan fingerprint density at radius 2 is 1.87 bits per heavy atom. The van der Waals surface area contributed by atoms with Crippen LogP contribution in [0.1, 0.15) is 25.3 Å². The fraction of sp³-hybridized carbons (Fsp3) is 0.455. The summed E-state index contributed by atoms with van der Waals surface area (Å²) in [6.07, 6.45) is 2.26. The van der Waals surface area contributed by atoms with E-state index in [1.807, 2.05) is 30.3 Å². The van der Waals surface area contributed by atoms with E-state index >= 15 is 0 Å². The van der Waals surface area contributed by atoms with E-state index in [0.29, 0.717) is 6.42 Å². The first-order valence-corrected chi connectivity index (χ1v) is 6.77. The molecule has 1 aromatic rings. The summed E-state index contributed by atoms with van der Waals surface area (Å²) in [6, 6.07) is 9.97. The second-order valence-corrected chi connectivity index (χ2v) is 5.88. The molecule has 1 rings (SSSR count). The zero-order chi connectivity index (χ0) is 11.3. The Morgan fingerprint density at radius 1 is 1.27 bits per heavy atom. The summed E-state index contributed by atoms with van der Waals surface area (Å²) in [6.45, 7) is 1.60. The number of hydrogen-bond donors (Lipinski definition) is 2. The van der Waals surface area contributed by atoms with Crippen LogP contribution in [0, 0.1) is 0 Å². The van der Waals surface area contributed by atoms with E-state index in [-0.39, 0.29) is 0 Å². The Bertz CT molecular complexity index is 331. The van der Waals surface area contributed by atoms with Crippen molar-refractivity contribution >= 4 is 7.60 Å². The van der Waals surface area contributed by atoms with Crippen molar-refractivity contribution < 1.29 is 14.4 Å². The van der Waals surface area contributed by atoms with E-state index in [4.69, 9.17) is 9.79 Å². The summed E-state index contributed by atoms with van der Waals surface area (Å²) in [5, 5.41) is 0. The first kappa shape index (κ1) is 12.4. The fourth-order valence-corrected chi connectivity index (χ4v) is 1.93. The highest BCUT2D eigenvalue weighted by Crippen LogP contribution is 2.43. The van der Waals surface area contributed by atoms with Gasteiger partial charge >= 0.3 is 7.60 Å². The van der Waals surface area contributed by atoms with Gasteiger partial charge in [0.15, 0.2) is 0 Å². The van der Waals surface area contributed by atoms with Crippen LogP contribution in [0.5, 0.6) is 0 Å². The van der Waals surface area contributed by atoms with Crippen LogP contribution < -0.4 is 0 Å². The normalized spacial score (nSPS) is 13.8. The van der Waals surface area contributed by atoms with Gasteiger partial charge in [-0.2, -0.15) is 0 Å². The molecule has 15 heavy (non-hydrogen) atoms. The van der Waals surface area contributed by atoms with Crippen LogP contribution in [0.2, 0.25) is 0 Å². The lowest BCUT2D eigenvalue weighted by atomic mass is 10.1. The first-order valence-electron chi connectivity index (χ1n) is 5.09. The Balaban J connectivity index is 2.31. The average Bonchev–Trinajstić information content (AvgIpc) is 2.18. The maximum Gasteiger partial charge on any atom is 0.328 e. The number of hydrogen-bond acceptors (Lipinski definition) is 1. The summed E-state index contributed by atoms with van der Waals surface area (Å²) in [4.78, 5) is 17.8. The number of aryl methyl sites for hydroxylation is 1. The minimum Gasteiger partial charge on any atom is -0.324 e. The van der Waals surface area contributed by atoms with E-state index < -0.39 is 13.3 Å². The lowest BCUT2D eigenvalue weighted by Crippen LogP contribution is -2.03. The number of benzene rings is 1. The molecule has 84 valence electrons. The van der Waals surface area contributed by atoms with E-state index in [9.17, 15) is 4.57 Å². The molecule has 0 saturated heterocycles. The third-order valence-corrected chi connectivity index (χ3v) is 3.91. The molecule has 1 unspecified atom stereocenters. The van der Waals surface area contributed by atoms with Crippen LogP contribution in [0.15, 0.2) is 30.3 Å². The second kappa shape index (κ2) is 5.45. The van der Waals surface area contributed by atoms with Crippen LogP contribution in [0.3, 0.4) is 0 Å². The zero-order valence-electron chi connectivity index (χ0n) is 8.84. The Kier molecular flexibility index (Phi) is 4.52. The molecule has 3 nitrogen and oxygen atoms in total. The first-order chi connectivity index (χ1) is 7.00. The molecule has 2 N–H and O–H groups in total. The van der Waals surface area contributed by atoms with Crippen molar-refractivity contribution in [3.05, 3.63) is 35.9 Å². The second-order valence-electron chi connectivity index (χ2n) is 3.82. The molecule has 0 heterocycles. The summed E-state index contributed by atoms with van der Waals surface area (Å²) >= 11 is 0. The molecule has 0 aromatic heterocycles. The van der Waals surface area contributed by atoms with Gasteiger partial charge in [-0.05, 0) is 24.8 Å². The number of rotatable bonds is 5. The molecule has 0 aliphatic heterocycles. The molecule has 0 bridgehead atoms. The van der Waals surface area contributed by atoms with E-state index in [0.717, 1.165) is 12.8 Å². The Hall–Kier alpha value is -0.630. The summed E-state index contributed by atoms with van der Waals surface area (Å²) < 4.78 is 10.9. The predicted molar refractivity (Wildman–Crippen MR) is 60.9 cm³/mol. The van der Waals surface area contributed by atoms with E-state index in [1.165, 1.54) is 5.56 Å². The average molecular weight is 228 g/mol. The Morgan fingerprint density at radius 3 is 2.40 bits per heavy atom. The molecule has 0 spiro atoms. The third-order valence-electron chi connectivity index (χ3n) is 2.50. The maximum atomic E-state index is 10.9. The summed E-state index contributed by atoms with van der Waals surface area (Å²) in [5.74, 6) is 0. The molecule has 0 fully saturated rings. The SMILES string of the molecule is CC(CCCc1ccccc1)P(=O)(O)O. The summed E-state index contributed by atoms with van der Waals surface area (Å²) in [7, 11) is -3.88. The van der Waals surface area contributed by atoms with Crippen molar-refractivity contribution in [2.75, 3.05) is 0 Å². The smallest absolute Gasteiger partial charge is 0.324 e. The van der Waals surface area contributed by atoms with Gasteiger partial charge in [-0.3, -0.25) is 4.57 Å². The van der Waals surface area contributed by atoms with Gasteiger partial charge in [-0.15, -0.1) is 0 Å². The molecule has 1 atom stereocenters. The quantitative estimate of drug-likeness (QED) is 0.761. The van der Waals surface area contributed by atoms with Crippen LogP contribution in [-0.4, -0.2) is 15.4 Å². The summed E-state index contributed by atoms with van der Waals surface area (Å²) in [5.41, 5.74) is 0.691. The highest BCUT2D eigenvalue weighted by Gasteiger charge is 2.22. The van der Waals surface area contributed by atoms with Gasteiger partial charge in [0.25, 0.3) is 0 Å². The van der Waals surface area contributed by atoms with Gasteiger partial charge in [0.05, 0.1) is 5.66 Å². The minimum atomic E-state index is -3.88. The van der Waals surface area contributed by atoms with Crippen molar-refractivity contribution in [3.63, 3.8) is 0 Å².